The van der Waals surface area contributed by atoms with Crippen molar-refractivity contribution < 1.29 is 4.79 Å². The summed E-state index contributed by atoms with van der Waals surface area (Å²) < 4.78 is 3.29. The van der Waals surface area contributed by atoms with Crippen molar-refractivity contribution in [2.24, 2.45) is 7.05 Å². The zero-order valence-electron chi connectivity index (χ0n) is 8.71. The number of rotatable bonds is 3. The molecule has 0 spiro atoms. The Morgan fingerprint density at radius 2 is 2.27 bits per heavy atom. The number of carbonyl (C=O) groups is 1. The Bertz CT molecular complexity index is 483. The van der Waals surface area contributed by atoms with Gasteiger partial charge in [-0.25, -0.2) is 0 Å². The van der Waals surface area contributed by atoms with Gasteiger partial charge >= 0.3 is 0 Å². The largest absolute Gasteiger partial charge is 0.287 e. The normalized spacial score (nSPS) is 10.5. The van der Waals surface area contributed by atoms with Gasteiger partial charge in [-0.3, -0.25) is 14.2 Å². The zero-order valence-corrected chi connectivity index (χ0v) is 8.71. The van der Waals surface area contributed by atoms with Crippen LogP contribution in [-0.4, -0.2) is 25.3 Å². The highest BCUT2D eigenvalue weighted by Gasteiger charge is 2.14. The molecule has 0 radical (unpaired) electrons. The van der Waals surface area contributed by atoms with Crippen LogP contribution in [-0.2, 0) is 13.6 Å². The van der Waals surface area contributed by atoms with Crippen molar-refractivity contribution in [1.82, 2.24) is 19.6 Å². The second kappa shape index (κ2) is 3.68. The predicted molar refractivity (Wildman–Crippen MR) is 54.5 cm³/mol. The summed E-state index contributed by atoms with van der Waals surface area (Å²) in [6.45, 7) is 2.74. The van der Waals surface area contributed by atoms with Crippen molar-refractivity contribution in [3.8, 4) is 0 Å². The lowest BCUT2D eigenvalue weighted by Gasteiger charge is -1.97. The Balaban J connectivity index is 2.32. The van der Waals surface area contributed by atoms with Crippen molar-refractivity contribution in [3.63, 3.8) is 0 Å². The van der Waals surface area contributed by atoms with Crippen molar-refractivity contribution in [2.75, 3.05) is 0 Å². The molecule has 0 atom stereocenters. The number of hydrogen-bond donors (Lipinski definition) is 0. The molecule has 0 fully saturated rings. The van der Waals surface area contributed by atoms with E-state index in [1.807, 2.05) is 6.92 Å². The minimum atomic E-state index is -0.0466. The van der Waals surface area contributed by atoms with E-state index in [0.29, 0.717) is 11.3 Å². The van der Waals surface area contributed by atoms with Gasteiger partial charge in [-0.15, -0.1) is 0 Å². The molecule has 2 heterocycles. The van der Waals surface area contributed by atoms with Crippen molar-refractivity contribution in [2.45, 2.75) is 13.5 Å². The molecule has 2 aromatic heterocycles. The second-order valence-electron chi connectivity index (χ2n) is 3.25. The molecule has 0 aliphatic rings. The zero-order chi connectivity index (χ0) is 10.8. The molecule has 0 bridgehead atoms. The molecule has 0 saturated heterocycles. The van der Waals surface area contributed by atoms with E-state index < -0.39 is 0 Å². The maximum Gasteiger partial charge on any atom is 0.214 e. The van der Waals surface area contributed by atoms with Crippen LogP contribution in [0.4, 0.5) is 0 Å². The minimum absolute atomic E-state index is 0.0466. The molecule has 0 aliphatic heterocycles. The van der Waals surface area contributed by atoms with E-state index in [9.17, 15) is 4.79 Å². The Labute approximate surface area is 87.3 Å². The molecule has 0 amide bonds. The third-order valence-electron chi connectivity index (χ3n) is 2.27. The lowest BCUT2D eigenvalue weighted by atomic mass is 10.2. The smallest absolute Gasteiger partial charge is 0.214 e. The summed E-state index contributed by atoms with van der Waals surface area (Å²) in [5.74, 6) is -0.0466. The number of nitrogens with zero attached hydrogens (tertiary/aromatic N) is 4. The lowest BCUT2D eigenvalue weighted by molar-refractivity contribution is 0.103. The van der Waals surface area contributed by atoms with E-state index in [1.165, 1.54) is 0 Å². The number of aryl methyl sites for hydroxylation is 2. The van der Waals surface area contributed by atoms with Crippen molar-refractivity contribution in [3.05, 3.63) is 35.9 Å². The monoisotopic (exact) mass is 204 g/mol. The van der Waals surface area contributed by atoms with Crippen LogP contribution in [0.5, 0.6) is 0 Å². The standard InChI is InChI=1S/C10H12N4O/c1-3-14-7-8(6-12-14)10(15)9-4-5-11-13(9)2/h4-7H,3H2,1-2H3. The maximum atomic E-state index is 11.9. The van der Waals surface area contributed by atoms with Crippen LogP contribution in [0, 0.1) is 0 Å². The van der Waals surface area contributed by atoms with Gasteiger partial charge in [-0.2, -0.15) is 10.2 Å². The molecular formula is C10H12N4O. The molecule has 0 aromatic carbocycles. The highest BCUT2D eigenvalue weighted by atomic mass is 16.1. The quantitative estimate of drug-likeness (QED) is 0.697. The third-order valence-corrected chi connectivity index (χ3v) is 2.27. The highest BCUT2D eigenvalue weighted by molar-refractivity contribution is 6.07. The van der Waals surface area contributed by atoms with E-state index in [4.69, 9.17) is 0 Å². The molecule has 78 valence electrons. The number of hydrogen-bond acceptors (Lipinski definition) is 3. The summed E-state index contributed by atoms with van der Waals surface area (Å²) in [6, 6.07) is 1.70. The van der Waals surface area contributed by atoms with E-state index in [-0.39, 0.29) is 5.78 Å². The molecular weight excluding hydrogens is 192 g/mol. The predicted octanol–water partition coefficient (Wildman–Crippen LogP) is 0.867. The Morgan fingerprint density at radius 1 is 1.47 bits per heavy atom. The minimum Gasteiger partial charge on any atom is -0.287 e. The SMILES string of the molecule is CCn1cc(C(=O)c2ccnn2C)cn1. The van der Waals surface area contributed by atoms with Gasteiger partial charge in [0.1, 0.15) is 5.69 Å². The summed E-state index contributed by atoms with van der Waals surface area (Å²) in [5.41, 5.74) is 1.17. The summed E-state index contributed by atoms with van der Waals surface area (Å²) >= 11 is 0. The third kappa shape index (κ3) is 1.68. The van der Waals surface area contributed by atoms with Crippen LogP contribution < -0.4 is 0 Å². The maximum absolute atomic E-state index is 11.9. The Hall–Kier alpha value is -1.91. The van der Waals surface area contributed by atoms with Crippen LogP contribution in [0.2, 0.25) is 0 Å². The molecule has 0 aliphatic carbocycles. The number of ketones is 1. The van der Waals surface area contributed by atoms with Crippen molar-refractivity contribution in [1.29, 1.82) is 0 Å². The van der Waals surface area contributed by atoms with E-state index in [0.717, 1.165) is 6.54 Å². The highest BCUT2D eigenvalue weighted by Crippen LogP contribution is 2.07. The van der Waals surface area contributed by atoms with Crippen LogP contribution >= 0.6 is 0 Å². The number of aromatic nitrogens is 4. The van der Waals surface area contributed by atoms with Gasteiger partial charge < -0.3 is 0 Å². The fourth-order valence-corrected chi connectivity index (χ4v) is 1.40. The molecule has 5 nitrogen and oxygen atoms in total. The van der Waals surface area contributed by atoms with Gasteiger partial charge in [-0.05, 0) is 13.0 Å². The van der Waals surface area contributed by atoms with Gasteiger partial charge in [-0.1, -0.05) is 0 Å². The van der Waals surface area contributed by atoms with Gasteiger partial charge in [0.15, 0.2) is 0 Å². The average molecular weight is 204 g/mol. The van der Waals surface area contributed by atoms with E-state index in [1.54, 1.807) is 41.1 Å². The second-order valence-corrected chi connectivity index (χ2v) is 3.25. The first-order valence-electron chi connectivity index (χ1n) is 4.77. The first-order chi connectivity index (χ1) is 7.22. The topological polar surface area (TPSA) is 52.7 Å². The van der Waals surface area contributed by atoms with Crippen LogP contribution in [0.25, 0.3) is 0 Å². The number of carbonyl (C=O) groups excluding carboxylic acids is 1. The van der Waals surface area contributed by atoms with E-state index >= 15 is 0 Å². The molecule has 0 N–H and O–H groups in total. The molecule has 15 heavy (non-hydrogen) atoms. The lowest BCUT2D eigenvalue weighted by Crippen LogP contribution is -2.07. The Kier molecular flexibility index (Phi) is 2.37. The van der Waals surface area contributed by atoms with Crippen LogP contribution in [0.3, 0.4) is 0 Å². The van der Waals surface area contributed by atoms with Crippen LogP contribution in [0.15, 0.2) is 24.7 Å². The molecule has 2 aromatic rings. The van der Waals surface area contributed by atoms with Gasteiger partial charge in [0.05, 0.1) is 11.8 Å². The fourth-order valence-electron chi connectivity index (χ4n) is 1.40. The molecule has 2 rings (SSSR count). The molecule has 0 saturated carbocycles. The summed E-state index contributed by atoms with van der Waals surface area (Å²) in [7, 11) is 1.75. The Morgan fingerprint density at radius 3 is 2.80 bits per heavy atom. The molecule has 5 heteroatoms. The van der Waals surface area contributed by atoms with Crippen LogP contribution in [0.1, 0.15) is 23.0 Å². The fraction of sp³-hybridized carbons (Fsp3) is 0.300. The average Bonchev–Trinajstić information content (AvgIpc) is 2.84. The van der Waals surface area contributed by atoms with E-state index in [2.05, 4.69) is 10.2 Å². The first-order valence-corrected chi connectivity index (χ1v) is 4.77. The first kappa shape index (κ1) is 9.64. The summed E-state index contributed by atoms with van der Waals surface area (Å²) in [4.78, 5) is 11.9. The summed E-state index contributed by atoms with van der Waals surface area (Å²) in [5, 5.41) is 8.02. The van der Waals surface area contributed by atoms with Gasteiger partial charge in [0.2, 0.25) is 5.78 Å². The van der Waals surface area contributed by atoms with Crippen molar-refractivity contribution >= 4 is 5.78 Å². The van der Waals surface area contributed by atoms with Gasteiger partial charge in [0.25, 0.3) is 0 Å². The van der Waals surface area contributed by atoms with Gasteiger partial charge in [0, 0.05) is 26.0 Å². The summed E-state index contributed by atoms with van der Waals surface area (Å²) in [6.07, 6.45) is 4.94. The molecule has 0 unspecified atom stereocenters.